The van der Waals surface area contributed by atoms with E-state index in [9.17, 15) is 18.0 Å². The van der Waals surface area contributed by atoms with Crippen molar-refractivity contribution < 1.29 is 18.0 Å². The minimum absolute atomic E-state index is 0.254. The number of primary amides is 1. The Morgan fingerprint density at radius 2 is 1.76 bits per heavy atom. The van der Waals surface area contributed by atoms with Crippen LogP contribution in [0.5, 0.6) is 0 Å². The molecule has 34 heavy (non-hydrogen) atoms. The van der Waals surface area contributed by atoms with Gasteiger partial charge in [-0.25, -0.2) is 8.42 Å². The monoisotopic (exact) mass is 485 g/mol. The molecule has 0 saturated carbocycles. The molecule has 1 aliphatic rings. The molecule has 0 unspecified atom stereocenters. The van der Waals surface area contributed by atoms with E-state index < -0.39 is 15.9 Å². The number of nitrogens with one attached hydrogen (secondary N) is 2. The first-order chi connectivity index (χ1) is 16.0. The zero-order valence-electron chi connectivity index (χ0n) is 19.9. The van der Waals surface area contributed by atoms with Crippen LogP contribution in [0.1, 0.15) is 35.7 Å². The molecule has 0 bridgehead atoms. The lowest BCUT2D eigenvalue weighted by Crippen LogP contribution is -2.35. The first-order valence-electron chi connectivity index (χ1n) is 11.0. The molecule has 0 aliphatic carbocycles. The molecule has 2 amide bonds. The SMILES string of the molecule is CCC/C(Nc1ccc(N(CCN(C)C)S(C)(=O)=O)cc1)=C1/C(=O)Nc2cc(C(N)=O)ccc21. The molecule has 0 radical (unpaired) electrons. The number of nitrogens with two attached hydrogens (primary N) is 1. The van der Waals surface area contributed by atoms with Crippen LogP contribution in [0.2, 0.25) is 0 Å². The lowest BCUT2D eigenvalue weighted by molar-refractivity contribution is -0.110. The van der Waals surface area contributed by atoms with Gasteiger partial charge in [0.1, 0.15) is 0 Å². The smallest absolute Gasteiger partial charge is 0.258 e. The number of fused-ring (bicyclic) bond motifs is 1. The fourth-order valence-corrected chi connectivity index (χ4v) is 4.71. The van der Waals surface area contributed by atoms with Gasteiger partial charge >= 0.3 is 0 Å². The molecule has 0 aromatic heterocycles. The summed E-state index contributed by atoms with van der Waals surface area (Å²) in [5, 5.41) is 6.15. The quantitative estimate of drug-likeness (QED) is 0.445. The van der Waals surface area contributed by atoms with Gasteiger partial charge < -0.3 is 21.3 Å². The average molecular weight is 486 g/mol. The number of nitrogens with zero attached hydrogens (tertiary/aromatic N) is 2. The van der Waals surface area contributed by atoms with Crippen molar-refractivity contribution in [2.75, 3.05) is 48.4 Å². The van der Waals surface area contributed by atoms with Gasteiger partial charge in [0, 0.05) is 41.3 Å². The number of benzene rings is 2. The Labute approximate surface area is 200 Å². The van der Waals surface area contributed by atoms with E-state index in [4.69, 9.17) is 5.73 Å². The van der Waals surface area contributed by atoms with Crippen molar-refractivity contribution in [2.24, 2.45) is 5.73 Å². The van der Waals surface area contributed by atoms with Crippen molar-refractivity contribution in [3.8, 4) is 0 Å². The van der Waals surface area contributed by atoms with Crippen molar-refractivity contribution in [1.82, 2.24) is 4.90 Å². The van der Waals surface area contributed by atoms with Gasteiger partial charge in [-0.2, -0.15) is 0 Å². The van der Waals surface area contributed by atoms with E-state index in [1.54, 1.807) is 42.5 Å². The first-order valence-corrected chi connectivity index (χ1v) is 12.8. The highest BCUT2D eigenvalue weighted by atomic mass is 32.2. The van der Waals surface area contributed by atoms with Crippen molar-refractivity contribution in [3.63, 3.8) is 0 Å². The third kappa shape index (κ3) is 5.75. The standard InChI is InChI=1S/C24H31N5O4S/c1-5-6-20(22-19-12-7-16(23(25)30)15-21(19)27-24(22)31)26-17-8-10-18(11-9-17)29(34(4,32)33)14-13-28(2)3/h7-12,15,26H,5-6,13-14H2,1-4H3,(H2,25,30)(H,27,31)/b22-20-. The fourth-order valence-electron chi connectivity index (χ4n) is 3.79. The Kier molecular flexibility index (Phi) is 7.63. The van der Waals surface area contributed by atoms with Crippen LogP contribution in [0.3, 0.4) is 0 Å². The van der Waals surface area contributed by atoms with Crippen LogP contribution >= 0.6 is 0 Å². The Bertz CT molecular complexity index is 1220. The maximum atomic E-state index is 12.8. The lowest BCUT2D eigenvalue weighted by Gasteiger charge is -2.24. The molecule has 2 aromatic carbocycles. The van der Waals surface area contributed by atoms with Gasteiger partial charge in [0.05, 0.1) is 17.5 Å². The highest BCUT2D eigenvalue weighted by Crippen LogP contribution is 2.36. The molecule has 10 heteroatoms. The van der Waals surface area contributed by atoms with E-state index >= 15 is 0 Å². The third-order valence-electron chi connectivity index (χ3n) is 5.45. The maximum absolute atomic E-state index is 12.8. The summed E-state index contributed by atoms with van der Waals surface area (Å²) in [5.74, 6) is -0.814. The summed E-state index contributed by atoms with van der Waals surface area (Å²) in [7, 11) is 0.352. The topological polar surface area (TPSA) is 125 Å². The highest BCUT2D eigenvalue weighted by molar-refractivity contribution is 7.92. The molecule has 0 fully saturated rings. The molecule has 3 rings (SSSR count). The Morgan fingerprint density at radius 1 is 1.09 bits per heavy atom. The van der Waals surface area contributed by atoms with Crippen LogP contribution in [0.25, 0.3) is 5.57 Å². The van der Waals surface area contributed by atoms with Crippen LogP contribution in [0.15, 0.2) is 48.2 Å². The van der Waals surface area contributed by atoms with Crippen LogP contribution in [0.4, 0.5) is 17.1 Å². The molecule has 0 atom stereocenters. The van der Waals surface area contributed by atoms with Crippen LogP contribution in [0, 0.1) is 0 Å². The predicted octanol–water partition coefficient (Wildman–Crippen LogP) is 2.69. The summed E-state index contributed by atoms with van der Waals surface area (Å²) >= 11 is 0. The second kappa shape index (κ2) is 10.3. The van der Waals surface area contributed by atoms with E-state index in [0.29, 0.717) is 47.6 Å². The van der Waals surface area contributed by atoms with Gasteiger partial charge in [-0.3, -0.25) is 13.9 Å². The molecule has 2 aromatic rings. The fraction of sp³-hybridized carbons (Fsp3) is 0.333. The second-order valence-electron chi connectivity index (χ2n) is 8.49. The van der Waals surface area contributed by atoms with Gasteiger partial charge in [-0.15, -0.1) is 0 Å². The van der Waals surface area contributed by atoms with Gasteiger partial charge in [0.25, 0.3) is 5.91 Å². The molecule has 0 spiro atoms. The van der Waals surface area contributed by atoms with Crippen molar-refractivity contribution in [1.29, 1.82) is 0 Å². The van der Waals surface area contributed by atoms with Crippen LogP contribution in [-0.4, -0.2) is 58.6 Å². The zero-order chi connectivity index (χ0) is 25.0. The molecular weight excluding hydrogens is 454 g/mol. The average Bonchev–Trinajstić information content (AvgIpc) is 3.08. The number of allylic oxidation sites excluding steroid dienone is 1. The third-order valence-corrected chi connectivity index (χ3v) is 6.65. The maximum Gasteiger partial charge on any atom is 0.258 e. The minimum Gasteiger partial charge on any atom is -0.366 e. The summed E-state index contributed by atoms with van der Waals surface area (Å²) in [6.45, 7) is 2.95. The lowest BCUT2D eigenvalue weighted by atomic mass is 10.0. The highest BCUT2D eigenvalue weighted by Gasteiger charge is 2.28. The molecule has 1 heterocycles. The number of hydrogen-bond acceptors (Lipinski definition) is 6. The molecule has 182 valence electrons. The van der Waals surface area contributed by atoms with E-state index in [0.717, 1.165) is 17.8 Å². The summed E-state index contributed by atoms with van der Waals surface area (Å²) in [6.07, 6.45) is 2.62. The molecule has 9 nitrogen and oxygen atoms in total. The number of hydrogen-bond donors (Lipinski definition) is 3. The Morgan fingerprint density at radius 3 is 2.32 bits per heavy atom. The number of sulfonamides is 1. The number of likely N-dealkylation sites (N-methyl/N-ethyl adjacent to an activating group) is 1. The van der Waals surface area contributed by atoms with Gasteiger partial charge in [0.2, 0.25) is 15.9 Å². The van der Waals surface area contributed by atoms with E-state index in [1.165, 1.54) is 10.6 Å². The zero-order valence-corrected chi connectivity index (χ0v) is 20.7. The Hall–Kier alpha value is -3.37. The molecule has 4 N–H and O–H groups in total. The summed E-state index contributed by atoms with van der Waals surface area (Å²) in [6, 6.07) is 12.0. The first kappa shape index (κ1) is 25.3. The largest absolute Gasteiger partial charge is 0.366 e. The van der Waals surface area contributed by atoms with Gasteiger partial charge in [0.15, 0.2) is 0 Å². The predicted molar refractivity (Wildman–Crippen MR) is 136 cm³/mol. The summed E-state index contributed by atoms with van der Waals surface area (Å²) < 4.78 is 26.0. The summed E-state index contributed by atoms with van der Waals surface area (Å²) in [4.78, 5) is 26.2. The van der Waals surface area contributed by atoms with E-state index in [1.807, 2.05) is 25.9 Å². The number of carbonyl (C=O) groups is 2. The summed E-state index contributed by atoms with van der Waals surface area (Å²) in [5.41, 5.74) is 9.50. The van der Waals surface area contributed by atoms with Crippen molar-refractivity contribution >= 4 is 44.5 Å². The molecule has 1 aliphatic heterocycles. The second-order valence-corrected chi connectivity index (χ2v) is 10.4. The van der Waals surface area contributed by atoms with Crippen LogP contribution < -0.4 is 20.7 Å². The molecular formula is C24H31N5O4S. The number of anilines is 3. The van der Waals surface area contributed by atoms with Crippen molar-refractivity contribution in [2.45, 2.75) is 19.8 Å². The van der Waals surface area contributed by atoms with E-state index in [-0.39, 0.29) is 5.91 Å². The number of carbonyl (C=O) groups excluding carboxylic acids is 2. The Balaban J connectivity index is 1.92. The normalized spacial score (nSPS) is 14.6. The van der Waals surface area contributed by atoms with Gasteiger partial charge in [-0.05, 0) is 56.9 Å². The minimum atomic E-state index is -3.43. The van der Waals surface area contributed by atoms with Gasteiger partial charge in [-0.1, -0.05) is 19.4 Å². The molecule has 0 saturated heterocycles. The van der Waals surface area contributed by atoms with Crippen molar-refractivity contribution in [3.05, 3.63) is 59.3 Å². The number of rotatable bonds is 10. The van der Waals surface area contributed by atoms with E-state index in [2.05, 4.69) is 10.6 Å². The number of amides is 2. The van der Waals surface area contributed by atoms with Crippen LogP contribution in [-0.2, 0) is 14.8 Å².